The lowest BCUT2D eigenvalue weighted by molar-refractivity contribution is 0.0950. The standard InChI is InChI=1S/C22H29N3O5/c1-4-28-18-12-16(13-19(29-5-2)21(18)30-6-3)22(27)23-10-11-25-20(26)14-15-8-7-9-17(15)24-25/h12-14H,4-11H2,1-3H3,(H,23,27). The Balaban J connectivity index is 1.72. The van der Waals surface area contributed by atoms with Crippen LogP contribution in [0.25, 0.3) is 0 Å². The quantitative estimate of drug-likeness (QED) is 0.641. The first-order valence-corrected chi connectivity index (χ1v) is 10.5. The topological polar surface area (TPSA) is 91.7 Å². The molecule has 2 aromatic rings. The van der Waals surface area contributed by atoms with Crippen molar-refractivity contribution in [2.45, 2.75) is 46.6 Å². The number of hydrogen-bond donors (Lipinski definition) is 1. The first-order valence-electron chi connectivity index (χ1n) is 10.5. The molecule has 1 aromatic heterocycles. The molecule has 0 aliphatic heterocycles. The van der Waals surface area contributed by atoms with E-state index in [0.717, 1.165) is 30.5 Å². The van der Waals surface area contributed by atoms with E-state index in [1.165, 1.54) is 4.68 Å². The van der Waals surface area contributed by atoms with Crippen LogP contribution in [-0.4, -0.2) is 42.1 Å². The highest BCUT2D eigenvalue weighted by atomic mass is 16.5. The number of carbonyl (C=O) groups excluding carboxylic acids is 1. The van der Waals surface area contributed by atoms with Crippen LogP contribution >= 0.6 is 0 Å². The summed E-state index contributed by atoms with van der Waals surface area (Å²) in [5, 5.41) is 7.27. The number of aryl methyl sites for hydroxylation is 2. The molecule has 1 heterocycles. The lowest BCUT2D eigenvalue weighted by Crippen LogP contribution is -2.32. The third-order valence-electron chi connectivity index (χ3n) is 4.80. The van der Waals surface area contributed by atoms with E-state index in [9.17, 15) is 9.59 Å². The maximum atomic E-state index is 12.7. The first kappa shape index (κ1) is 21.7. The van der Waals surface area contributed by atoms with E-state index in [0.29, 0.717) is 49.2 Å². The van der Waals surface area contributed by atoms with Crippen LogP contribution in [0.2, 0.25) is 0 Å². The number of ether oxygens (including phenoxy) is 3. The highest BCUT2D eigenvalue weighted by Gasteiger charge is 2.19. The molecular weight excluding hydrogens is 386 g/mol. The molecular formula is C22H29N3O5. The maximum Gasteiger partial charge on any atom is 0.267 e. The highest BCUT2D eigenvalue weighted by Crippen LogP contribution is 2.39. The van der Waals surface area contributed by atoms with Crippen LogP contribution in [0.15, 0.2) is 23.0 Å². The number of hydrogen-bond acceptors (Lipinski definition) is 6. The molecule has 0 fully saturated rings. The summed E-state index contributed by atoms with van der Waals surface area (Å²) in [6, 6.07) is 4.95. The molecule has 1 N–H and O–H groups in total. The fourth-order valence-corrected chi connectivity index (χ4v) is 3.50. The molecule has 30 heavy (non-hydrogen) atoms. The molecule has 162 valence electrons. The second-order valence-electron chi connectivity index (χ2n) is 6.89. The summed E-state index contributed by atoms with van der Waals surface area (Å²) in [5.41, 5.74) is 2.29. The molecule has 0 radical (unpaired) electrons. The van der Waals surface area contributed by atoms with E-state index >= 15 is 0 Å². The van der Waals surface area contributed by atoms with E-state index < -0.39 is 0 Å². The predicted octanol–water partition coefficient (Wildman–Crippen LogP) is 2.36. The summed E-state index contributed by atoms with van der Waals surface area (Å²) in [5.74, 6) is 1.14. The van der Waals surface area contributed by atoms with Crippen molar-refractivity contribution in [2.75, 3.05) is 26.4 Å². The highest BCUT2D eigenvalue weighted by molar-refractivity contribution is 5.95. The normalized spacial score (nSPS) is 12.4. The van der Waals surface area contributed by atoms with Crippen molar-refractivity contribution in [2.24, 2.45) is 0 Å². The Hall–Kier alpha value is -3.03. The molecule has 1 aromatic carbocycles. The van der Waals surface area contributed by atoms with Crippen molar-refractivity contribution in [3.63, 3.8) is 0 Å². The number of nitrogens with zero attached hydrogens (tertiary/aromatic N) is 2. The van der Waals surface area contributed by atoms with Gasteiger partial charge in [-0.1, -0.05) is 0 Å². The molecule has 0 unspecified atom stereocenters. The zero-order chi connectivity index (χ0) is 21.5. The second kappa shape index (κ2) is 10.1. The van der Waals surface area contributed by atoms with Gasteiger partial charge in [-0.05, 0) is 57.7 Å². The van der Waals surface area contributed by atoms with Gasteiger partial charge in [-0.15, -0.1) is 0 Å². The van der Waals surface area contributed by atoms with Crippen LogP contribution in [-0.2, 0) is 19.4 Å². The third-order valence-corrected chi connectivity index (χ3v) is 4.80. The number of rotatable bonds is 10. The Labute approximate surface area is 176 Å². The third kappa shape index (κ3) is 4.93. The molecule has 3 rings (SSSR count). The summed E-state index contributed by atoms with van der Waals surface area (Å²) in [4.78, 5) is 24.9. The van der Waals surface area contributed by atoms with Gasteiger partial charge in [-0.25, -0.2) is 4.68 Å². The number of fused-ring (bicyclic) bond motifs is 1. The smallest absolute Gasteiger partial charge is 0.267 e. The van der Waals surface area contributed by atoms with Gasteiger partial charge < -0.3 is 19.5 Å². The van der Waals surface area contributed by atoms with E-state index in [4.69, 9.17) is 14.2 Å². The van der Waals surface area contributed by atoms with Gasteiger partial charge in [0.15, 0.2) is 11.5 Å². The summed E-state index contributed by atoms with van der Waals surface area (Å²) >= 11 is 0. The van der Waals surface area contributed by atoms with E-state index in [2.05, 4.69) is 10.4 Å². The summed E-state index contributed by atoms with van der Waals surface area (Å²) in [6.07, 6.45) is 2.84. The number of aromatic nitrogens is 2. The van der Waals surface area contributed by atoms with Crippen molar-refractivity contribution in [1.29, 1.82) is 0 Å². The summed E-state index contributed by atoms with van der Waals surface area (Å²) in [7, 11) is 0. The number of benzene rings is 1. The van der Waals surface area contributed by atoms with Crippen molar-refractivity contribution in [3.8, 4) is 17.2 Å². The van der Waals surface area contributed by atoms with Crippen LogP contribution in [0.3, 0.4) is 0 Å². The molecule has 0 atom stereocenters. The lowest BCUT2D eigenvalue weighted by atomic mass is 10.1. The summed E-state index contributed by atoms with van der Waals surface area (Å²) < 4.78 is 18.4. The SMILES string of the molecule is CCOc1cc(C(=O)NCCn2nc3c(cc2=O)CCC3)cc(OCC)c1OCC. The maximum absolute atomic E-state index is 12.7. The molecule has 8 heteroatoms. The van der Waals surface area contributed by atoms with Crippen molar-refractivity contribution in [3.05, 3.63) is 45.4 Å². The van der Waals surface area contributed by atoms with Crippen molar-refractivity contribution in [1.82, 2.24) is 15.1 Å². The van der Waals surface area contributed by atoms with E-state index in [1.54, 1.807) is 18.2 Å². The van der Waals surface area contributed by atoms with Gasteiger partial charge in [-0.2, -0.15) is 5.10 Å². The van der Waals surface area contributed by atoms with Crippen LogP contribution < -0.4 is 25.1 Å². The van der Waals surface area contributed by atoms with Crippen LogP contribution in [0, 0.1) is 0 Å². The van der Waals surface area contributed by atoms with Gasteiger partial charge in [0.2, 0.25) is 5.75 Å². The minimum Gasteiger partial charge on any atom is -0.490 e. The fraction of sp³-hybridized carbons (Fsp3) is 0.500. The van der Waals surface area contributed by atoms with Crippen LogP contribution in [0.4, 0.5) is 0 Å². The van der Waals surface area contributed by atoms with Gasteiger partial charge in [0.1, 0.15) is 0 Å². The van der Waals surface area contributed by atoms with Gasteiger partial charge >= 0.3 is 0 Å². The number of amides is 1. The Kier molecular flexibility index (Phi) is 7.32. The molecule has 1 aliphatic carbocycles. The Morgan fingerprint density at radius 1 is 1.03 bits per heavy atom. The van der Waals surface area contributed by atoms with Crippen molar-refractivity contribution < 1.29 is 19.0 Å². The lowest BCUT2D eigenvalue weighted by Gasteiger charge is -2.17. The van der Waals surface area contributed by atoms with E-state index in [1.807, 2.05) is 20.8 Å². The van der Waals surface area contributed by atoms with Crippen LogP contribution in [0.1, 0.15) is 48.8 Å². The number of nitrogens with one attached hydrogen (secondary N) is 1. The number of carbonyl (C=O) groups is 1. The monoisotopic (exact) mass is 415 g/mol. The Bertz CT molecular complexity index is 927. The predicted molar refractivity (Wildman–Crippen MR) is 113 cm³/mol. The van der Waals surface area contributed by atoms with Gasteiger partial charge in [0, 0.05) is 18.2 Å². The molecule has 0 bridgehead atoms. The van der Waals surface area contributed by atoms with Crippen LogP contribution in [0.5, 0.6) is 17.2 Å². The minimum absolute atomic E-state index is 0.136. The minimum atomic E-state index is -0.283. The van der Waals surface area contributed by atoms with E-state index in [-0.39, 0.29) is 18.0 Å². The molecule has 1 amide bonds. The molecule has 0 spiro atoms. The van der Waals surface area contributed by atoms with Gasteiger partial charge in [0.05, 0.1) is 32.1 Å². The van der Waals surface area contributed by atoms with Gasteiger partial charge in [0.25, 0.3) is 11.5 Å². The Morgan fingerprint density at radius 3 is 2.33 bits per heavy atom. The molecule has 1 aliphatic rings. The average Bonchev–Trinajstić information content (AvgIpc) is 3.17. The average molecular weight is 415 g/mol. The zero-order valence-corrected chi connectivity index (χ0v) is 17.8. The van der Waals surface area contributed by atoms with Gasteiger partial charge in [-0.3, -0.25) is 9.59 Å². The molecule has 8 nitrogen and oxygen atoms in total. The summed E-state index contributed by atoms with van der Waals surface area (Å²) in [6.45, 7) is 7.52. The largest absolute Gasteiger partial charge is 0.490 e. The van der Waals surface area contributed by atoms with Crippen molar-refractivity contribution >= 4 is 5.91 Å². The second-order valence-corrected chi connectivity index (χ2v) is 6.89. The molecule has 0 saturated heterocycles. The fourth-order valence-electron chi connectivity index (χ4n) is 3.50. The molecule has 0 saturated carbocycles. The zero-order valence-electron chi connectivity index (χ0n) is 17.8. The first-order chi connectivity index (χ1) is 14.6. The Morgan fingerprint density at radius 2 is 1.70 bits per heavy atom.